The first kappa shape index (κ1) is 14.4. The molecule has 0 atom stereocenters. The van der Waals surface area contributed by atoms with Gasteiger partial charge in [0.15, 0.2) is 5.96 Å². The molecule has 0 radical (unpaired) electrons. The van der Waals surface area contributed by atoms with Crippen molar-refractivity contribution in [2.24, 2.45) is 10.4 Å². The summed E-state index contributed by atoms with van der Waals surface area (Å²) in [5.74, 6) is 0.804. The number of hydrogen-bond donors (Lipinski definition) is 1. The second-order valence-electron chi connectivity index (χ2n) is 6.51. The molecule has 21 heavy (non-hydrogen) atoms. The highest BCUT2D eigenvalue weighted by molar-refractivity contribution is 5.80. The number of aliphatic imine (C=N–C) groups is 1. The van der Waals surface area contributed by atoms with Crippen molar-refractivity contribution in [3.63, 3.8) is 0 Å². The molecule has 1 spiro atoms. The van der Waals surface area contributed by atoms with Gasteiger partial charge in [0.1, 0.15) is 5.82 Å². The van der Waals surface area contributed by atoms with Crippen LogP contribution in [0.3, 0.4) is 0 Å². The summed E-state index contributed by atoms with van der Waals surface area (Å²) in [5, 5.41) is 3.37. The molecule has 0 amide bonds. The van der Waals surface area contributed by atoms with Crippen molar-refractivity contribution in [1.82, 2.24) is 10.2 Å². The van der Waals surface area contributed by atoms with E-state index in [1.165, 1.54) is 25.7 Å². The minimum atomic E-state index is -0.140. The first-order valence-corrected chi connectivity index (χ1v) is 7.83. The Hall–Kier alpha value is -1.58. The summed E-state index contributed by atoms with van der Waals surface area (Å²) in [7, 11) is 1.82. The fraction of sp³-hybridized carbons (Fsp3) is 0.588. The van der Waals surface area contributed by atoms with E-state index in [1.54, 1.807) is 13.0 Å². The quantitative estimate of drug-likeness (QED) is 0.669. The topological polar surface area (TPSA) is 27.6 Å². The monoisotopic (exact) mass is 289 g/mol. The van der Waals surface area contributed by atoms with E-state index in [0.29, 0.717) is 17.5 Å². The number of nitrogens with one attached hydrogen (secondary N) is 1. The number of guanidine groups is 1. The van der Waals surface area contributed by atoms with Gasteiger partial charge in [-0.3, -0.25) is 4.99 Å². The Morgan fingerprint density at radius 1 is 1.38 bits per heavy atom. The van der Waals surface area contributed by atoms with E-state index in [9.17, 15) is 4.39 Å². The van der Waals surface area contributed by atoms with Crippen molar-refractivity contribution in [2.75, 3.05) is 20.1 Å². The highest BCUT2D eigenvalue weighted by Gasteiger charge is 2.43. The van der Waals surface area contributed by atoms with Crippen molar-refractivity contribution in [2.45, 2.75) is 39.2 Å². The molecule has 3 rings (SSSR count). The van der Waals surface area contributed by atoms with Crippen LogP contribution in [0.4, 0.5) is 4.39 Å². The van der Waals surface area contributed by atoms with E-state index in [-0.39, 0.29) is 5.82 Å². The zero-order valence-corrected chi connectivity index (χ0v) is 13.0. The van der Waals surface area contributed by atoms with E-state index in [4.69, 9.17) is 0 Å². The lowest BCUT2D eigenvalue weighted by Gasteiger charge is -2.38. The van der Waals surface area contributed by atoms with Gasteiger partial charge in [-0.05, 0) is 48.8 Å². The molecule has 1 saturated heterocycles. The molecule has 4 heteroatoms. The van der Waals surface area contributed by atoms with E-state index in [2.05, 4.69) is 15.2 Å². The van der Waals surface area contributed by atoms with Crippen molar-refractivity contribution < 1.29 is 4.39 Å². The minimum absolute atomic E-state index is 0.140. The van der Waals surface area contributed by atoms with Crippen LogP contribution in [0.15, 0.2) is 23.2 Å². The fourth-order valence-electron chi connectivity index (χ4n) is 3.46. The van der Waals surface area contributed by atoms with E-state index in [1.807, 2.05) is 19.2 Å². The summed E-state index contributed by atoms with van der Waals surface area (Å²) >= 11 is 0. The highest BCUT2D eigenvalue weighted by Crippen LogP contribution is 2.47. The number of rotatable bonds is 2. The molecule has 2 aliphatic rings. The second kappa shape index (κ2) is 5.66. The Balaban J connectivity index is 1.59. The molecule has 1 aromatic carbocycles. The van der Waals surface area contributed by atoms with Crippen molar-refractivity contribution >= 4 is 5.96 Å². The number of benzene rings is 1. The molecule has 1 aromatic rings. The van der Waals surface area contributed by atoms with Gasteiger partial charge in [-0.15, -0.1) is 0 Å². The number of likely N-dealkylation sites (tertiary alicyclic amines) is 1. The fourth-order valence-corrected chi connectivity index (χ4v) is 3.46. The van der Waals surface area contributed by atoms with Gasteiger partial charge in [-0.1, -0.05) is 18.6 Å². The van der Waals surface area contributed by atoms with Crippen LogP contribution in [0.5, 0.6) is 0 Å². The zero-order chi connectivity index (χ0) is 14.9. The lowest BCUT2D eigenvalue weighted by atomic mass is 9.68. The van der Waals surface area contributed by atoms with Gasteiger partial charge >= 0.3 is 0 Å². The van der Waals surface area contributed by atoms with E-state index >= 15 is 0 Å². The number of halogens is 1. The molecule has 1 aliphatic heterocycles. The third-order valence-corrected chi connectivity index (χ3v) is 5.05. The van der Waals surface area contributed by atoms with Crippen LogP contribution in [-0.2, 0) is 6.54 Å². The van der Waals surface area contributed by atoms with Crippen LogP contribution < -0.4 is 5.32 Å². The summed E-state index contributed by atoms with van der Waals surface area (Å²) in [4.78, 5) is 6.74. The summed E-state index contributed by atoms with van der Waals surface area (Å²) in [6, 6.07) is 5.40. The molecular formula is C17H24FN3. The van der Waals surface area contributed by atoms with Gasteiger partial charge in [-0.2, -0.15) is 0 Å². The highest BCUT2D eigenvalue weighted by atomic mass is 19.1. The average Bonchev–Trinajstić information content (AvgIpc) is 2.89. The molecule has 1 heterocycles. The summed E-state index contributed by atoms with van der Waals surface area (Å²) in [5.41, 5.74) is 2.21. The van der Waals surface area contributed by atoms with Crippen molar-refractivity contribution in [3.8, 4) is 0 Å². The summed E-state index contributed by atoms with van der Waals surface area (Å²) in [6.45, 7) is 4.61. The third-order valence-electron chi connectivity index (χ3n) is 5.05. The van der Waals surface area contributed by atoms with Gasteiger partial charge in [0.05, 0.1) is 0 Å². The van der Waals surface area contributed by atoms with Gasteiger partial charge in [-0.25, -0.2) is 4.39 Å². The normalized spacial score (nSPS) is 20.7. The Bertz CT molecular complexity index is 549. The van der Waals surface area contributed by atoms with E-state index < -0.39 is 0 Å². The van der Waals surface area contributed by atoms with Gasteiger partial charge < -0.3 is 10.2 Å². The molecule has 1 aliphatic carbocycles. The van der Waals surface area contributed by atoms with Crippen LogP contribution in [-0.4, -0.2) is 31.0 Å². The van der Waals surface area contributed by atoms with Crippen LogP contribution in [0.1, 0.15) is 36.8 Å². The molecule has 1 saturated carbocycles. The average molecular weight is 289 g/mol. The van der Waals surface area contributed by atoms with Gasteiger partial charge in [0, 0.05) is 26.7 Å². The zero-order valence-electron chi connectivity index (χ0n) is 13.0. The molecule has 114 valence electrons. The molecule has 1 N–H and O–H groups in total. The standard InChI is InChI=1S/C17H24FN3/c1-13-4-5-14(10-15(13)18)11-20-16(19-2)21-9-8-17(12-21)6-3-7-17/h4-5,10H,3,6-9,11-12H2,1-2H3,(H,19,20). The number of nitrogens with zero attached hydrogens (tertiary/aromatic N) is 2. The maximum absolute atomic E-state index is 13.6. The Morgan fingerprint density at radius 2 is 2.19 bits per heavy atom. The van der Waals surface area contributed by atoms with Gasteiger partial charge in [0.2, 0.25) is 0 Å². The van der Waals surface area contributed by atoms with Crippen LogP contribution in [0.25, 0.3) is 0 Å². The third kappa shape index (κ3) is 2.89. The largest absolute Gasteiger partial charge is 0.352 e. The molecule has 0 bridgehead atoms. The SMILES string of the molecule is CN=C(NCc1ccc(C)c(F)c1)N1CCC2(CCC2)C1. The number of aryl methyl sites for hydroxylation is 1. The predicted molar refractivity (Wildman–Crippen MR) is 83.8 cm³/mol. The number of hydrogen-bond acceptors (Lipinski definition) is 1. The van der Waals surface area contributed by atoms with Crippen LogP contribution in [0.2, 0.25) is 0 Å². The lowest BCUT2D eigenvalue weighted by molar-refractivity contribution is 0.151. The second-order valence-corrected chi connectivity index (χ2v) is 6.51. The molecular weight excluding hydrogens is 265 g/mol. The predicted octanol–water partition coefficient (Wildman–Crippen LogP) is 3.09. The van der Waals surface area contributed by atoms with E-state index in [0.717, 1.165) is 24.6 Å². The summed E-state index contributed by atoms with van der Waals surface area (Å²) in [6.07, 6.45) is 5.39. The van der Waals surface area contributed by atoms with Crippen LogP contribution in [0, 0.1) is 18.2 Å². The lowest BCUT2D eigenvalue weighted by Crippen LogP contribution is -2.42. The summed E-state index contributed by atoms with van der Waals surface area (Å²) < 4.78 is 13.6. The Morgan fingerprint density at radius 3 is 2.76 bits per heavy atom. The minimum Gasteiger partial charge on any atom is -0.352 e. The first-order valence-electron chi connectivity index (χ1n) is 7.83. The van der Waals surface area contributed by atoms with Crippen molar-refractivity contribution in [3.05, 3.63) is 35.1 Å². The molecule has 3 nitrogen and oxygen atoms in total. The molecule has 0 aromatic heterocycles. The maximum atomic E-state index is 13.6. The van der Waals surface area contributed by atoms with Crippen LogP contribution >= 0.6 is 0 Å². The molecule has 0 unspecified atom stereocenters. The Kier molecular flexibility index (Phi) is 3.87. The molecule has 2 fully saturated rings. The van der Waals surface area contributed by atoms with Crippen molar-refractivity contribution in [1.29, 1.82) is 0 Å². The van der Waals surface area contributed by atoms with Gasteiger partial charge in [0.25, 0.3) is 0 Å². The smallest absolute Gasteiger partial charge is 0.193 e. The maximum Gasteiger partial charge on any atom is 0.193 e. The Labute approximate surface area is 126 Å². The first-order chi connectivity index (χ1) is 10.1.